The lowest BCUT2D eigenvalue weighted by Crippen LogP contribution is -2.41. The second-order valence-electron chi connectivity index (χ2n) is 3.84. The van der Waals surface area contributed by atoms with E-state index in [0.717, 1.165) is 17.2 Å². The molecule has 0 spiro atoms. The Hall–Kier alpha value is 0.310. The van der Waals surface area contributed by atoms with Crippen LogP contribution >= 0.6 is 11.8 Å². The van der Waals surface area contributed by atoms with Gasteiger partial charge < -0.3 is 5.32 Å². The molecule has 2 unspecified atom stereocenters. The van der Waals surface area contributed by atoms with E-state index >= 15 is 0 Å². The molecule has 1 aliphatic heterocycles. The monoisotopic (exact) mass is 187 g/mol. The Bertz CT molecular complexity index is 115. The summed E-state index contributed by atoms with van der Waals surface area (Å²) in [6.45, 7) is 8.14. The van der Waals surface area contributed by atoms with E-state index in [1.165, 1.54) is 25.1 Å². The van der Waals surface area contributed by atoms with Crippen LogP contribution in [0.1, 0.15) is 33.6 Å². The molecule has 1 N–H and O–H groups in total. The summed E-state index contributed by atoms with van der Waals surface area (Å²) < 4.78 is 0. The fourth-order valence-electron chi connectivity index (χ4n) is 1.72. The molecule has 0 saturated carbocycles. The summed E-state index contributed by atoms with van der Waals surface area (Å²) in [5.74, 6) is 3.08. The molecule has 0 aliphatic carbocycles. The second kappa shape index (κ2) is 5.13. The second-order valence-corrected chi connectivity index (χ2v) is 5.02. The highest BCUT2D eigenvalue weighted by Gasteiger charge is 2.23. The predicted molar refractivity (Wildman–Crippen MR) is 57.5 cm³/mol. The van der Waals surface area contributed by atoms with E-state index in [-0.39, 0.29) is 0 Å². The van der Waals surface area contributed by atoms with Gasteiger partial charge in [0.25, 0.3) is 0 Å². The van der Waals surface area contributed by atoms with Gasteiger partial charge in [0.15, 0.2) is 0 Å². The van der Waals surface area contributed by atoms with Crippen molar-refractivity contribution in [3.8, 4) is 0 Å². The van der Waals surface area contributed by atoms with Crippen LogP contribution in [0.2, 0.25) is 0 Å². The van der Waals surface area contributed by atoms with Crippen LogP contribution in [0.15, 0.2) is 0 Å². The molecule has 1 rings (SSSR count). The lowest BCUT2D eigenvalue weighted by Gasteiger charge is -2.32. The Morgan fingerprint density at radius 2 is 2.08 bits per heavy atom. The maximum absolute atomic E-state index is 3.63. The van der Waals surface area contributed by atoms with Crippen LogP contribution in [0.5, 0.6) is 0 Å². The highest BCUT2D eigenvalue weighted by molar-refractivity contribution is 7.99. The zero-order chi connectivity index (χ0) is 8.97. The number of hydrogen-bond acceptors (Lipinski definition) is 2. The van der Waals surface area contributed by atoms with E-state index in [2.05, 4.69) is 37.8 Å². The first-order valence-electron chi connectivity index (χ1n) is 5.12. The molecule has 0 bridgehead atoms. The van der Waals surface area contributed by atoms with Gasteiger partial charge in [0.2, 0.25) is 0 Å². The van der Waals surface area contributed by atoms with Crippen molar-refractivity contribution in [2.75, 3.05) is 12.3 Å². The van der Waals surface area contributed by atoms with Crippen LogP contribution in [0.25, 0.3) is 0 Å². The summed E-state index contributed by atoms with van der Waals surface area (Å²) in [7, 11) is 0. The van der Waals surface area contributed by atoms with Gasteiger partial charge in [0.1, 0.15) is 0 Å². The molecular formula is C10H21NS. The minimum atomic E-state index is 0.733. The fourth-order valence-corrected chi connectivity index (χ4v) is 3.25. The molecule has 0 amide bonds. The van der Waals surface area contributed by atoms with Gasteiger partial charge in [-0.05, 0) is 24.1 Å². The third-order valence-electron chi connectivity index (χ3n) is 2.70. The Morgan fingerprint density at radius 1 is 1.42 bits per heavy atom. The van der Waals surface area contributed by atoms with E-state index in [0.29, 0.717) is 0 Å². The van der Waals surface area contributed by atoms with Crippen LogP contribution in [0.3, 0.4) is 0 Å². The van der Waals surface area contributed by atoms with Crippen molar-refractivity contribution in [2.45, 2.75) is 39.0 Å². The molecule has 0 aromatic heterocycles. The third-order valence-corrected chi connectivity index (χ3v) is 4.38. The van der Waals surface area contributed by atoms with Gasteiger partial charge in [0.05, 0.1) is 5.37 Å². The highest BCUT2D eigenvalue weighted by Crippen LogP contribution is 2.27. The van der Waals surface area contributed by atoms with Gasteiger partial charge >= 0.3 is 0 Å². The molecule has 1 fully saturated rings. The summed E-state index contributed by atoms with van der Waals surface area (Å²) >= 11 is 2.12. The average molecular weight is 187 g/mol. The quantitative estimate of drug-likeness (QED) is 0.729. The lowest BCUT2D eigenvalue weighted by atomic mass is 10.0. The van der Waals surface area contributed by atoms with Crippen molar-refractivity contribution in [1.29, 1.82) is 0 Å². The summed E-state index contributed by atoms with van der Waals surface area (Å²) in [5, 5.41) is 4.37. The first-order chi connectivity index (χ1) is 5.77. The van der Waals surface area contributed by atoms with E-state index < -0.39 is 0 Å². The van der Waals surface area contributed by atoms with Crippen molar-refractivity contribution in [2.24, 2.45) is 11.8 Å². The van der Waals surface area contributed by atoms with Gasteiger partial charge in [0, 0.05) is 0 Å². The summed E-state index contributed by atoms with van der Waals surface area (Å²) in [5.41, 5.74) is 0. The van der Waals surface area contributed by atoms with E-state index in [4.69, 9.17) is 0 Å². The molecule has 1 nitrogen and oxygen atoms in total. The lowest BCUT2D eigenvalue weighted by molar-refractivity contribution is 0.391. The van der Waals surface area contributed by atoms with Gasteiger partial charge in [-0.15, -0.1) is 11.8 Å². The van der Waals surface area contributed by atoms with E-state index in [1.54, 1.807) is 0 Å². The highest BCUT2D eigenvalue weighted by atomic mass is 32.2. The first kappa shape index (κ1) is 10.4. The first-order valence-corrected chi connectivity index (χ1v) is 6.17. The fraction of sp³-hybridized carbons (Fsp3) is 1.00. The SMILES string of the molecule is CCC(CC)C1NCC(C)CS1. The van der Waals surface area contributed by atoms with Crippen LogP contribution in [-0.2, 0) is 0 Å². The maximum atomic E-state index is 3.63. The van der Waals surface area contributed by atoms with Crippen molar-refractivity contribution < 1.29 is 0 Å². The number of hydrogen-bond donors (Lipinski definition) is 1. The van der Waals surface area contributed by atoms with Crippen LogP contribution in [0.4, 0.5) is 0 Å². The Morgan fingerprint density at radius 3 is 2.50 bits per heavy atom. The molecule has 0 aromatic rings. The van der Waals surface area contributed by atoms with Gasteiger partial charge in [-0.3, -0.25) is 0 Å². The maximum Gasteiger partial charge on any atom is 0.0560 e. The zero-order valence-electron chi connectivity index (χ0n) is 8.47. The Balaban J connectivity index is 2.32. The summed E-state index contributed by atoms with van der Waals surface area (Å²) in [4.78, 5) is 0. The predicted octanol–water partition coefficient (Wildman–Crippen LogP) is 2.72. The molecule has 2 atom stereocenters. The molecule has 1 aliphatic rings. The molecule has 2 heteroatoms. The molecular weight excluding hydrogens is 166 g/mol. The van der Waals surface area contributed by atoms with E-state index in [1.807, 2.05) is 0 Å². The molecule has 1 saturated heterocycles. The normalized spacial score (nSPS) is 31.0. The van der Waals surface area contributed by atoms with Crippen molar-refractivity contribution >= 4 is 11.8 Å². The van der Waals surface area contributed by atoms with E-state index in [9.17, 15) is 0 Å². The largest absolute Gasteiger partial charge is 0.305 e. The average Bonchev–Trinajstić information content (AvgIpc) is 2.10. The number of thioether (sulfide) groups is 1. The molecule has 1 heterocycles. The third kappa shape index (κ3) is 2.67. The van der Waals surface area contributed by atoms with Crippen molar-refractivity contribution in [1.82, 2.24) is 5.32 Å². The topological polar surface area (TPSA) is 12.0 Å². The smallest absolute Gasteiger partial charge is 0.0560 e. The summed E-state index contributed by atoms with van der Waals surface area (Å²) in [6, 6.07) is 0. The van der Waals surface area contributed by atoms with Gasteiger partial charge in [-0.2, -0.15) is 0 Å². The van der Waals surface area contributed by atoms with Crippen molar-refractivity contribution in [3.05, 3.63) is 0 Å². The van der Waals surface area contributed by atoms with Gasteiger partial charge in [-0.1, -0.05) is 33.6 Å². The van der Waals surface area contributed by atoms with Crippen LogP contribution in [0, 0.1) is 11.8 Å². The standard InChI is InChI=1S/C10H21NS/c1-4-9(5-2)10-11-6-8(3)7-12-10/h8-11H,4-7H2,1-3H3. The molecule has 0 radical (unpaired) electrons. The number of nitrogens with one attached hydrogen (secondary N) is 1. The molecule has 0 aromatic carbocycles. The van der Waals surface area contributed by atoms with Crippen LogP contribution < -0.4 is 5.32 Å². The molecule has 12 heavy (non-hydrogen) atoms. The summed E-state index contributed by atoms with van der Waals surface area (Å²) in [6.07, 6.45) is 2.63. The minimum Gasteiger partial charge on any atom is -0.305 e. The number of rotatable bonds is 3. The Labute approximate surface area is 80.7 Å². The zero-order valence-corrected chi connectivity index (χ0v) is 9.29. The van der Waals surface area contributed by atoms with Crippen molar-refractivity contribution in [3.63, 3.8) is 0 Å². The van der Waals surface area contributed by atoms with Crippen LogP contribution in [-0.4, -0.2) is 17.7 Å². The molecule has 72 valence electrons. The minimum absolute atomic E-state index is 0.733. The van der Waals surface area contributed by atoms with Gasteiger partial charge in [-0.25, -0.2) is 0 Å². The Kier molecular flexibility index (Phi) is 4.44.